The lowest BCUT2D eigenvalue weighted by atomic mass is 10.2. The highest BCUT2D eigenvalue weighted by atomic mass is 16.2. The molecule has 1 aromatic carbocycles. The van der Waals surface area contributed by atoms with Crippen molar-refractivity contribution in [3.05, 3.63) is 66.0 Å². The molecule has 0 radical (unpaired) electrons. The Morgan fingerprint density at radius 2 is 1.83 bits per heavy atom. The molecule has 0 saturated carbocycles. The van der Waals surface area contributed by atoms with Crippen LogP contribution in [0.4, 0.5) is 0 Å². The summed E-state index contributed by atoms with van der Waals surface area (Å²) in [4.78, 5) is 29.8. The normalized spacial score (nSPS) is 10.1. The summed E-state index contributed by atoms with van der Waals surface area (Å²) in [6.07, 6.45) is 3.23. The maximum atomic E-state index is 12.3. The van der Waals surface area contributed by atoms with E-state index in [1.54, 1.807) is 17.3 Å². The van der Waals surface area contributed by atoms with E-state index < -0.39 is 0 Å². The second-order valence-corrected chi connectivity index (χ2v) is 5.21. The van der Waals surface area contributed by atoms with E-state index in [0.717, 1.165) is 11.1 Å². The summed E-state index contributed by atoms with van der Waals surface area (Å²) in [5.41, 5.74) is 1.96. The summed E-state index contributed by atoms with van der Waals surface area (Å²) in [5.74, 6) is -0.439. The number of pyridine rings is 1. The Kier molecular flexibility index (Phi) is 6.29. The third-order valence-corrected chi connectivity index (χ3v) is 3.47. The number of carbonyl (C=O) groups excluding carboxylic acids is 2. The first-order valence-electron chi connectivity index (χ1n) is 7.66. The van der Waals surface area contributed by atoms with Crippen LogP contribution in [-0.4, -0.2) is 28.2 Å². The average Bonchev–Trinajstić information content (AvgIpc) is 2.59. The molecule has 0 saturated heterocycles. The van der Waals surface area contributed by atoms with Gasteiger partial charge in [-0.3, -0.25) is 14.6 Å². The van der Waals surface area contributed by atoms with Gasteiger partial charge in [0.1, 0.15) is 6.42 Å². The number of aromatic nitrogens is 1. The molecule has 0 aliphatic carbocycles. The number of amides is 2. The summed E-state index contributed by atoms with van der Waals surface area (Å²) in [6, 6.07) is 13.4. The highest BCUT2D eigenvalue weighted by molar-refractivity contribution is 5.96. The quantitative estimate of drug-likeness (QED) is 0.797. The zero-order valence-corrected chi connectivity index (χ0v) is 13.2. The first-order valence-corrected chi connectivity index (χ1v) is 7.66. The fourth-order valence-electron chi connectivity index (χ4n) is 2.20. The van der Waals surface area contributed by atoms with Crippen molar-refractivity contribution >= 4 is 11.8 Å². The predicted molar refractivity (Wildman–Crippen MR) is 88.2 cm³/mol. The van der Waals surface area contributed by atoms with Crippen LogP contribution in [0.5, 0.6) is 0 Å². The zero-order chi connectivity index (χ0) is 16.5. The highest BCUT2D eigenvalue weighted by Crippen LogP contribution is 2.06. The average molecular weight is 311 g/mol. The Balaban J connectivity index is 1.82. The monoisotopic (exact) mass is 311 g/mol. The molecule has 0 spiro atoms. The number of nitrogens with one attached hydrogen (secondary N) is 1. The van der Waals surface area contributed by atoms with Crippen LogP contribution < -0.4 is 5.32 Å². The number of carbonyl (C=O) groups is 2. The number of hydrogen-bond acceptors (Lipinski definition) is 3. The van der Waals surface area contributed by atoms with Crippen molar-refractivity contribution in [3.63, 3.8) is 0 Å². The number of benzene rings is 1. The van der Waals surface area contributed by atoms with Crippen LogP contribution in [0, 0.1) is 0 Å². The molecular weight excluding hydrogens is 290 g/mol. The molecule has 0 unspecified atom stereocenters. The summed E-state index contributed by atoms with van der Waals surface area (Å²) in [7, 11) is 0. The SMILES string of the molecule is CCN(Cc1ccccc1)C(=O)CC(=O)NCc1cccnc1. The first kappa shape index (κ1) is 16.7. The summed E-state index contributed by atoms with van der Waals surface area (Å²) < 4.78 is 0. The van der Waals surface area contributed by atoms with Gasteiger partial charge in [-0.2, -0.15) is 0 Å². The van der Waals surface area contributed by atoms with Crippen LogP contribution in [0.2, 0.25) is 0 Å². The summed E-state index contributed by atoms with van der Waals surface area (Å²) >= 11 is 0. The Hall–Kier alpha value is -2.69. The van der Waals surface area contributed by atoms with Gasteiger partial charge in [-0.1, -0.05) is 36.4 Å². The molecule has 0 aliphatic heterocycles. The zero-order valence-electron chi connectivity index (χ0n) is 13.2. The third-order valence-electron chi connectivity index (χ3n) is 3.47. The highest BCUT2D eigenvalue weighted by Gasteiger charge is 2.16. The number of rotatable bonds is 7. The number of nitrogens with zero attached hydrogens (tertiary/aromatic N) is 2. The molecule has 5 nitrogen and oxygen atoms in total. The third kappa shape index (κ3) is 5.54. The molecule has 5 heteroatoms. The smallest absolute Gasteiger partial charge is 0.232 e. The minimum atomic E-state index is -0.273. The van der Waals surface area contributed by atoms with Gasteiger partial charge in [0.15, 0.2) is 0 Å². The van der Waals surface area contributed by atoms with Crippen molar-refractivity contribution in [2.75, 3.05) is 6.54 Å². The van der Waals surface area contributed by atoms with E-state index in [1.807, 2.05) is 49.4 Å². The Morgan fingerprint density at radius 3 is 2.48 bits per heavy atom. The largest absolute Gasteiger partial charge is 0.352 e. The van der Waals surface area contributed by atoms with Crippen LogP contribution in [0.1, 0.15) is 24.5 Å². The minimum absolute atomic E-state index is 0.138. The lowest BCUT2D eigenvalue weighted by molar-refractivity contribution is -0.136. The Morgan fingerprint density at radius 1 is 1.09 bits per heavy atom. The maximum Gasteiger partial charge on any atom is 0.232 e. The molecule has 23 heavy (non-hydrogen) atoms. The summed E-state index contributed by atoms with van der Waals surface area (Å²) in [5, 5.41) is 2.75. The van der Waals surface area contributed by atoms with E-state index in [-0.39, 0.29) is 18.2 Å². The van der Waals surface area contributed by atoms with Crippen LogP contribution in [-0.2, 0) is 22.7 Å². The molecule has 1 heterocycles. The van der Waals surface area contributed by atoms with Crippen molar-refractivity contribution in [3.8, 4) is 0 Å². The Bertz CT molecular complexity index is 629. The van der Waals surface area contributed by atoms with E-state index in [0.29, 0.717) is 19.6 Å². The van der Waals surface area contributed by atoms with Gasteiger partial charge in [-0.15, -0.1) is 0 Å². The van der Waals surface area contributed by atoms with E-state index in [2.05, 4.69) is 10.3 Å². The van der Waals surface area contributed by atoms with Gasteiger partial charge in [0.25, 0.3) is 0 Å². The lowest BCUT2D eigenvalue weighted by Gasteiger charge is -2.20. The molecule has 120 valence electrons. The molecular formula is C18H21N3O2. The van der Waals surface area contributed by atoms with Crippen LogP contribution in [0.25, 0.3) is 0 Å². The van der Waals surface area contributed by atoms with Gasteiger partial charge in [0, 0.05) is 32.0 Å². The molecule has 0 aliphatic rings. The predicted octanol–water partition coefficient (Wildman–Crippen LogP) is 2.14. The topological polar surface area (TPSA) is 62.3 Å². The maximum absolute atomic E-state index is 12.3. The first-order chi connectivity index (χ1) is 11.2. The van der Waals surface area contributed by atoms with Gasteiger partial charge < -0.3 is 10.2 Å². The van der Waals surface area contributed by atoms with E-state index in [4.69, 9.17) is 0 Å². The lowest BCUT2D eigenvalue weighted by Crippen LogP contribution is -2.35. The minimum Gasteiger partial charge on any atom is -0.352 e. The molecule has 0 fully saturated rings. The van der Waals surface area contributed by atoms with Crippen LogP contribution in [0.3, 0.4) is 0 Å². The van der Waals surface area contributed by atoms with Crippen molar-refractivity contribution in [2.45, 2.75) is 26.4 Å². The van der Waals surface area contributed by atoms with E-state index >= 15 is 0 Å². The van der Waals surface area contributed by atoms with E-state index in [1.165, 1.54) is 0 Å². The van der Waals surface area contributed by atoms with Gasteiger partial charge in [0.05, 0.1) is 0 Å². The van der Waals surface area contributed by atoms with Gasteiger partial charge in [-0.25, -0.2) is 0 Å². The van der Waals surface area contributed by atoms with Crippen molar-refractivity contribution in [1.29, 1.82) is 0 Å². The molecule has 2 amide bonds. The van der Waals surface area contributed by atoms with Gasteiger partial charge >= 0.3 is 0 Å². The van der Waals surface area contributed by atoms with Crippen molar-refractivity contribution in [1.82, 2.24) is 15.2 Å². The standard InChI is InChI=1S/C18H21N3O2/c1-2-21(14-15-7-4-3-5-8-15)18(23)11-17(22)20-13-16-9-6-10-19-12-16/h3-10,12H,2,11,13-14H2,1H3,(H,20,22). The van der Waals surface area contributed by atoms with Crippen molar-refractivity contribution in [2.24, 2.45) is 0 Å². The fourth-order valence-corrected chi connectivity index (χ4v) is 2.20. The second kappa shape index (κ2) is 8.68. The van der Waals surface area contributed by atoms with E-state index in [9.17, 15) is 9.59 Å². The van der Waals surface area contributed by atoms with Gasteiger partial charge in [-0.05, 0) is 24.1 Å². The van der Waals surface area contributed by atoms with Gasteiger partial charge in [0.2, 0.25) is 11.8 Å². The summed E-state index contributed by atoms with van der Waals surface area (Å²) in [6.45, 7) is 3.38. The van der Waals surface area contributed by atoms with Crippen molar-refractivity contribution < 1.29 is 9.59 Å². The molecule has 0 bridgehead atoms. The fraction of sp³-hybridized carbons (Fsp3) is 0.278. The Labute approximate surface area is 136 Å². The second-order valence-electron chi connectivity index (χ2n) is 5.21. The molecule has 0 atom stereocenters. The van der Waals surface area contributed by atoms with Crippen LogP contribution >= 0.6 is 0 Å². The molecule has 2 rings (SSSR count). The number of hydrogen-bond donors (Lipinski definition) is 1. The van der Waals surface area contributed by atoms with Crippen LogP contribution in [0.15, 0.2) is 54.9 Å². The molecule has 1 aromatic heterocycles. The molecule has 2 aromatic rings. The molecule has 1 N–H and O–H groups in total.